The van der Waals surface area contributed by atoms with Crippen molar-refractivity contribution in [1.82, 2.24) is 19.5 Å². The monoisotopic (exact) mass is 468 g/mol. The predicted molar refractivity (Wildman–Crippen MR) is 115 cm³/mol. The summed E-state index contributed by atoms with van der Waals surface area (Å²) in [6.45, 7) is 0.687. The highest BCUT2D eigenvalue weighted by molar-refractivity contribution is 9.10. The summed E-state index contributed by atoms with van der Waals surface area (Å²) < 4.78 is 17.1. The Labute approximate surface area is 180 Å². The minimum atomic E-state index is -0.331. The van der Waals surface area contributed by atoms with Crippen molar-refractivity contribution in [3.05, 3.63) is 93.2 Å². The third kappa shape index (κ3) is 4.49. The van der Waals surface area contributed by atoms with Gasteiger partial charge in [0.15, 0.2) is 0 Å². The van der Waals surface area contributed by atoms with E-state index in [9.17, 15) is 14.0 Å². The Hall–Kier alpha value is -3.26. The fourth-order valence-electron chi connectivity index (χ4n) is 3.12. The maximum Gasteiger partial charge on any atom is 0.276 e. The van der Waals surface area contributed by atoms with Gasteiger partial charge >= 0.3 is 0 Å². The second kappa shape index (κ2) is 8.62. The lowest BCUT2D eigenvalue weighted by molar-refractivity contribution is -0.121. The Morgan fingerprint density at radius 2 is 1.90 bits per heavy atom. The number of nitrogens with zero attached hydrogens (tertiary/aromatic N) is 3. The van der Waals surface area contributed by atoms with Gasteiger partial charge in [-0.05, 0) is 48.0 Å². The van der Waals surface area contributed by atoms with E-state index in [1.807, 2.05) is 24.3 Å². The molecule has 0 spiro atoms. The van der Waals surface area contributed by atoms with Gasteiger partial charge in [0.25, 0.3) is 5.56 Å². The number of carbonyl (C=O) groups excluding carboxylic acids is 1. The van der Waals surface area contributed by atoms with E-state index in [-0.39, 0.29) is 30.2 Å². The number of fused-ring (bicyclic) bond motifs is 1. The van der Waals surface area contributed by atoms with Crippen LogP contribution in [0.25, 0.3) is 16.8 Å². The molecule has 0 radical (unpaired) electrons. The van der Waals surface area contributed by atoms with Gasteiger partial charge in [-0.2, -0.15) is 5.10 Å². The van der Waals surface area contributed by atoms with E-state index in [1.54, 1.807) is 30.6 Å². The fourth-order valence-corrected chi connectivity index (χ4v) is 3.57. The van der Waals surface area contributed by atoms with Crippen LogP contribution >= 0.6 is 15.9 Å². The number of nitrogens with one attached hydrogen (secondary N) is 1. The van der Waals surface area contributed by atoms with Crippen molar-refractivity contribution in [1.29, 1.82) is 0 Å². The van der Waals surface area contributed by atoms with Crippen molar-refractivity contribution in [3.8, 4) is 11.3 Å². The summed E-state index contributed by atoms with van der Waals surface area (Å²) in [5.41, 5.74) is 2.45. The quantitative estimate of drug-likeness (QED) is 0.468. The average molecular weight is 469 g/mol. The fraction of sp³-hybridized carbons (Fsp3) is 0.136. The van der Waals surface area contributed by atoms with Crippen LogP contribution in [0.1, 0.15) is 12.0 Å². The van der Waals surface area contributed by atoms with Gasteiger partial charge in [-0.3, -0.25) is 9.59 Å². The molecule has 0 saturated carbocycles. The molecule has 4 aromatic rings. The third-order valence-electron chi connectivity index (χ3n) is 4.70. The summed E-state index contributed by atoms with van der Waals surface area (Å²) in [4.78, 5) is 24.9. The van der Waals surface area contributed by atoms with Gasteiger partial charge in [-0.15, -0.1) is 0 Å². The first-order chi connectivity index (χ1) is 14.5. The minimum Gasteiger partial charge on any atom is -0.352 e. The molecule has 2 aromatic carbocycles. The molecule has 0 atom stereocenters. The number of aryl methyl sites for hydroxylation is 1. The van der Waals surface area contributed by atoms with Crippen molar-refractivity contribution in [3.63, 3.8) is 0 Å². The smallest absolute Gasteiger partial charge is 0.276 e. The molecule has 0 unspecified atom stereocenters. The highest BCUT2D eigenvalue weighted by Gasteiger charge is 2.10. The summed E-state index contributed by atoms with van der Waals surface area (Å²) in [5, 5.41) is 7.24. The van der Waals surface area contributed by atoms with Crippen molar-refractivity contribution in [2.45, 2.75) is 19.5 Å². The minimum absolute atomic E-state index is 0.137. The van der Waals surface area contributed by atoms with Gasteiger partial charge in [0, 0.05) is 41.9 Å². The molecular weight excluding hydrogens is 451 g/mol. The summed E-state index contributed by atoms with van der Waals surface area (Å²) in [6.07, 6.45) is 3.46. The normalized spacial score (nSPS) is 11.0. The van der Waals surface area contributed by atoms with Gasteiger partial charge in [-0.1, -0.05) is 28.1 Å². The maximum absolute atomic E-state index is 13.1. The largest absolute Gasteiger partial charge is 0.352 e. The molecule has 1 N–H and O–H groups in total. The molecule has 0 aliphatic heterocycles. The Kier molecular flexibility index (Phi) is 5.76. The van der Waals surface area contributed by atoms with E-state index in [1.165, 1.54) is 21.2 Å². The van der Waals surface area contributed by atoms with E-state index in [0.29, 0.717) is 17.8 Å². The summed E-state index contributed by atoms with van der Waals surface area (Å²) in [6, 6.07) is 15.3. The molecule has 2 heterocycles. The van der Waals surface area contributed by atoms with E-state index in [0.717, 1.165) is 15.6 Å². The maximum atomic E-state index is 13.1. The summed E-state index contributed by atoms with van der Waals surface area (Å²) >= 11 is 3.40. The number of aromatic nitrogens is 3. The molecule has 152 valence electrons. The molecule has 1 amide bonds. The zero-order valence-electron chi connectivity index (χ0n) is 15.9. The number of hydrogen-bond donors (Lipinski definition) is 1. The van der Waals surface area contributed by atoms with Crippen LogP contribution in [0, 0.1) is 5.82 Å². The summed E-state index contributed by atoms with van der Waals surface area (Å²) in [7, 11) is 0. The second-order valence-corrected chi connectivity index (χ2v) is 7.74. The van der Waals surface area contributed by atoms with Gasteiger partial charge in [0.05, 0.1) is 5.69 Å². The van der Waals surface area contributed by atoms with Crippen LogP contribution in [0.15, 0.2) is 76.3 Å². The first-order valence-electron chi connectivity index (χ1n) is 9.35. The summed E-state index contributed by atoms with van der Waals surface area (Å²) in [5.74, 6) is -0.467. The zero-order chi connectivity index (χ0) is 21.1. The van der Waals surface area contributed by atoms with Gasteiger partial charge in [-0.25, -0.2) is 8.91 Å². The van der Waals surface area contributed by atoms with Crippen molar-refractivity contribution in [2.24, 2.45) is 0 Å². The van der Waals surface area contributed by atoms with Crippen LogP contribution in [0.4, 0.5) is 4.39 Å². The van der Waals surface area contributed by atoms with Crippen LogP contribution < -0.4 is 10.9 Å². The third-order valence-corrected chi connectivity index (χ3v) is 5.20. The molecule has 6 nitrogen and oxygen atoms in total. The number of amides is 1. The first-order valence-corrected chi connectivity index (χ1v) is 10.1. The standard InChI is InChI=1S/C22H18BrFN4O2/c23-17-3-1-2-15(12-17)14-25-21(29)8-9-27-10-11-28-20(22(27)30)13-19(26-28)16-4-6-18(24)7-5-16/h1-7,10-13H,8-9,14H2,(H,25,29). The van der Waals surface area contributed by atoms with Crippen molar-refractivity contribution < 1.29 is 9.18 Å². The second-order valence-electron chi connectivity index (χ2n) is 6.82. The highest BCUT2D eigenvalue weighted by Crippen LogP contribution is 2.18. The molecule has 4 rings (SSSR count). The molecule has 0 fully saturated rings. The first kappa shape index (κ1) is 20.0. The topological polar surface area (TPSA) is 68.4 Å². The highest BCUT2D eigenvalue weighted by atomic mass is 79.9. The van der Waals surface area contributed by atoms with E-state index >= 15 is 0 Å². The van der Waals surface area contributed by atoms with Gasteiger partial charge < -0.3 is 9.88 Å². The molecule has 0 aliphatic carbocycles. The molecule has 0 aliphatic rings. The number of hydrogen-bond acceptors (Lipinski definition) is 3. The molecule has 8 heteroatoms. The van der Waals surface area contributed by atoms with Crippen LogP contribution in [-0.4, -0.2) is 20.1 Å². The number of benzene rings is 2. The number of rotatable bonds is 6. The number of halogens is 2. The lowest BCUT2D eigenvalue weighted by Crippen LogP contribution is -2.27. The van der Waals surface area contributed by atoms with E-state index in [4.69, 9.17) is 0 Å². The Balaban J connectivity index is 1.44. The molecule has 0 saturated heterocycles. The predicted octanol–water partition coefficient (Wildman–Crippen LogP) is 3.77. The van der Waals surface area contributed by atoms with Gasteiger partial charge in [0.2, 0.25) is 5.91 Å². The van der Waals surface area contributed by atoms with Crippen LogP contribution in [0.2, 0.25) is 0 Å². The SMILES string of the molecule is O=C(CCn1ccn2nc(-c3ccc(F)cc3)cc2c1=O)NCc1cccc(Br)c1. The van der Waals surface area contributed by atoms with Crippen molar-refractivity contribution >= 4 is 27.4 Å². The molecule has 30 heavy (non-hydrogen) atoms. The van der Waals surface area contributed by atoms with Crippen LogP contribution in [-0.2, 0) is 17.9 Å². The zero-order valence-corrected chi connectivity index (χ0v) is 17.5. The van der Waals surface area contributed by atoms with E-state index < -0.39 is 0 Å². The Morgan fingerprint density at radius 1 is 1.10 bits per heavy atom. The van der Waals surface area contributed by atoms with Crippen molar-refractivity contribution in [2.75, 3.05) is 0 Å². The lowest BCUT2D eigenvalue weighted by atomic mass is 10.1. The molecule has 2 aromatic heterocycles. The number of carbonyl (C=O) groups is 1. The molecule has 0 bridgehead atoms. The van der Waals surface area contributed by atoms with Crippen LogP contribution in [0.5, 0.6) is 0 Å². The van der Waals surface area contributed by atoms with Crippen LogP contribution in [0.3, 0.4) is 0 Å². The lowest BCUT2D eigenvalue weighted by Gasteiger charge is -2.08. The van der Waals surface area contributed by atoms with E-state index in [2.05, 4.69) is 26.3 Å². The average Bonchev–Trinajstić information content (AvgIpc) is 3.17. The van der Waals surface area contributed by atoms with Gasteiger partial charge in [0.1, 0.15) is 11.3 Å². The molecular formula is C22H18BrFN4O2. The Morgan fingerprint density at radius 3 is 2.67 bits per heavy atom. The Bertz CT molecular complexity index is 1260.